The Morgan fingerprint density at radius 1 is 1.33 bits per heavy atom. The second kappa shape index (κ2) is 3.71. The van der Waals surface area contributed by atoms with Gasteiger partial charge in [-0.1, -0.05) is 0 Å². The smallest absolute Gasteiger partial charge is 0.101 e. The number of hydrogen-bond acceptors (Lipinski definition) is 1. The Kier molecular flexibility index (Phi) is 3.18. The van der Waals surface area contributed by atoms with Gasteiger partial charge in [0.05, 0.1) is 0 Å². The Labute approximate surface area is 69.1 Å². The summed E-state index contributed by atoms with van der Waals surface area (Å²) in [5.74, 6) is 0. The molecule has 1 saturated heterocycles. The lowest BCUT2D eigenvalue weighted by Gasteiger charge is -2.07. The first kappa shape index (κ1) is 7.72. The van der Waals surface area contributed by atoms with Gasteiger partial charge in [-0.3, -0.25) is 0 Å². The Balaban J connectivity index is 2.25. The van der Waals surface area contributed by atoms with Crippen LogP contribution in [0.2, 0.25) is 0 Å². The van der Waals surface area contributed by atoms with E-state index in [0.717, 1.165) is 32.4 Å². The van der Waals surface area contributed by atoms with Crippen molar-refractivity contribution in [2.75, 3.05) is 13.1 Å². The van der Waals surface area contributed by atoms with Crippen LogP contribution in [0.25, 0.3) is 0 Å². The largest absolute Gasteiger partial charge is 0.247 e. The Morgan fingerprint density at radius 2 is 2.11 bits per heavy atom. The predicted molar refractivity (Wildman–Crippen MR) is 44.3 cm³/mol. The molecule has 1 nitrogen and oxygen atoms in total. The molecule has 1 fully saturated rings. The lowest BCUT2D eigenvalue weighted by molar-refractivity contribution is 0.304. The van der Waals surface area contributed by atoms with Crippen LogP contribution in [0.3, 0.4) is 0 Å². The van der Waals surface area contributed by atoms with Gasteiger partial charge in [0.25, 0.3) is 0 Å². The summed E-state index contributed by atoms with van der Waals surface area (Å²) in [6, 6.07) is 0. The number of nitrogens with zero attached hydrogens (tertiary/aromatic N) is 1. The van der Waals surface area contributed by atoms with Crippen LogP contribution >= 0.6 is 22.9 Å². The predicted octanol–water partition coefficient (Wildman–Crippen LogP) is 2.16. The van der Waals surface area contributed by atoms with E-state index in [1.54, 1.807) is 0 Å². The third kappa shape index (κ3) is 2.80. The monoisotopic (exact) mass is 243 g/mol. The molecule has 0 aromatic rings. The van der Waals surface area contributed by atoms with Crippen LogP contribution in [0.15, 0.2) is 0 Å². The molecule has 0 aromatic heterocycles. The van der Waals surface area contributed by atoms with Crippen LogP contribution in [-0.2, 0) is 0 Å². The van der Waals surface area contributed by atoms with Crippen molar-refractivity contribution in [1.29, 1.82) is 0 Å². The highest BCUT2D eigenvalue weighted by Gasteiger charge is 2.13. The lowest BCUT2D eigenvalue weighted by Crippen LogP contribution is -2.11. The summed E-state index contributed by atoms with van der Waals surface area (Å²) in [5.41, 5.74) is 0. The topological polar surface area (TPSA) is 3.24 Å². The van der Waals surface area contributed by atoms with Crippen molar-refractivity contribution in [1.82, 2.24) is 3.11 Å². The molecular weight excluding hydrogens is 232 g/mol. The van der Waals surface area contributed by atoms with Crippen LogP contribution in [-0.4, -0.2) is 22.4 Å². The van der Waals surface area contributed by atoms with Gasteiger partial charge in [-0.15, -0.1) is 0 Å². The van der Waals surface area contributed by atoms with Gasteiger partial charge in [-0.2, -0.15) is 0 Å². The van der Waals surface area contributed by atoms with E-state index >= 15 is 0 Å². The molecule has 54 valence electrons. The maximum atomic E-state index is 12.6. The quantitative estimate of drug-likeness (QED) is 0.465. The summed E-state index contributed by atoms with van der Waals surface area (Å²) in [5, 5.41) is 0. The summed E-state index contributed by atoms with van der Waals surface area (Å²) >= 11 is 2.26. The third-order valence-electron chi connectivity index (χ3n) is 1.60. The molecule has 9 heavy (non-hydrogen) atoms. The molecule has 0 spiro atoms. The molecule has 1 aliphatic heterocycles. The molecule has 1 heterocycles. The molecule has 3 heteroatoms. The van der Waals surface area contributed by atoms with Crippen molar-refractivity contribution in [3.05, 3.63) is 0 Å². The average molecular weight is 243 g/mol. The van der Waals surface area contributed by atoms with Crippen molar-refractivity contribution in [2.24, 2.45) is 0 Å². The molecule has 1 atom stereocenters. The molecule has 0 bridgehead atoms. The highest BCUT2D eigenvalue weighted by atomic mass is 127. The van der Waals surface area contributed by atoms with E-state index in [0.29, 0.717) is 0 Å². The van der Waals surface area contributed by atoms with Gasteiger partial charge in [-0.25, -0.2) is 7.50 Å². The summed E-state index contributed by atoms with van der Waals surface area (Å²) in [6.07, 6.45) is 1.97. The van der Waals surface area contributed by atoms with Crippen LogP contribution in [0.4, 0.5) is 4.39 Å². The standard InChI is InChI=1S/C6H11FIN/c7-6-2-1-4-9(8)5-3-6/h6H,1-5H2. The first-order valence-electron chi connectivity index (χ1n) is 3.34. The maximum Gasteiger partial charge on any atom is 0.101 e. The van der Waals surface area contributed by atoms with Crippen molar-refractivity contribution in [2.45, 2.75) is 25.4 Å². The van der Waals surface area contributed by atoms with Gasteiger partial charge in [0, 0.05) is 36.0 Å². The van der Waals surface area contributed by atoms with Crippen LogP contribution in [0, 0.1) is 0 Å². The SMILES string of the molecule is FC1CCCN(I)CC1. The van der Waals surface area contributed by atoms with E-state index in [2.05, 4.69) is 26.0 Å². The normalized spacial score (nSPS) is 32.0. The number of rotatable bonds is 0. The van der Waals surface area contributed by atoms with E-state index in [4.69, 9.17) is 0 Å². The van der Waals surface area contributed by atoms with E-state index in [1.807, 2.05) is 0 Å². The molecule has 0 amide bonds. The Morgan fingerprint density at radius 3 is 2.89 bits per heavy atom. The molecule has 0 N–H and O–H groups in total. The highest BCUT2D eigenvalue weighted by molar-refractivity contribution is 14.1. The molecule has 1 aliphatic rings. The number of alkyl halides is 1. The zero-order valence-electron chi connectivity index (χ0n) is 5.32. The van der Waals surface area contributed by atoms with Crippen LogP contribution in [0.1, 0.15) is 19.3 Å². The minimum atomic E-state index is -0.537. The summed E-state index contributed by atoms with van der Waals surface area (Å²) < 4.78 is 14.8. The highest BCUT2D eigenvalue weighted by Crippen LogP contribution is 2.15. The van der Waals surface area contributed by atoms with Gasteiger partial charge in [-0.05, 0) is 19.3 Å². The Bertz CT molecular complexity index is 79.1. The summed E-state index contributed by atoms with van der Waals surface area (Å²) in [7, 11) is 0. The fraction of sp³-hybridized carbons (Fsp3) is 1.00. The fourth-order valence-corrected chi connectivity index (χ4v) is 1.64. The number of hydrogen-bond donors (Lipinski definition) is 0. The van der Waals surface area contributed by atoms with Gasteiger partial charge < -0.3 is 0 Å². The summed E-state index contributed by atoms with van der Waals surface area (Å²) in [6.45, 7) is 1.97. The van der Waals surface area contributed by atoms with Crippen LogP contribution in [0.5, 0.6) is 0 Å². The fourth-order valence-electron chi connectivity index (χ4n) is 1.02. The Hall–Kier alpha value is 0.620. The zero-order valence-corrected chi connectivity index (χ0v) is 7.47. The minimum absolute atomic E-state index is 0.537. The van der Waals surface area contributed by atoms with Gasteiger partial charge in [0.15, 0.2) is 0 Å². The first-order valence-corrected chi connectivity index (χ1v) is 4.30. The van der Waals surface area contributed by atoms with Gasteiger partial charge in [0.2, 0.25) is 0 Å². The molecule has 0 radical (unpaired) electrons. The van der Waals surface area contributed by atoms with Gasteiger partial charge >= 0.3 is 0 Å². The second-order valence-electron chi connectivity index (χ2n) is 2.44. The molecule has 1 rings (SSSR count). The molecule has 0 saturated carbocycles. The van der Waals surface area contributed by atoms with Gasteiger partial charge in [0.1, 0.15) is 6.17 Å². The lowest BCUT2D eigenvalue weighted by atomic mass is 10.2. The molecule has 0 aliphatic carbocycles. The van der Waals surface area contributed by atoms with Crippen molar-refractivity contribution in [3.8, 4) is 0 Å². The minimum Gasteiger partial charge on any atom is -0.247 e. The summed E-state index contributed by atoms with van der Waals surface area (Å²) in [4.78, 5) is 0. The van der Waals surface area contributed by atoms with Crippen LogP contribution < -0.4 is 0 Å². The molecule has 0 aromatic carbocycles. The maximum absolute atomic E-state index is 12.6. The van der Waals surface area contributed by atoms with E-state index in [9.17, 15) is 4.39 Å². The van der Waals surface area contributed by atoms with Crippen molar-refractivity contribution >= 4 is 22.9 Å². The first-order chi connectivity index (χ1) is 4.29. The zero-order chi connectivity index (χ0) is 6.69. The average Bonchev–Trinajstić information content (AvgIpc) is 1.97. The third-order valence-corrected chi connectivity index (χ3v) is 2.57. The second-order valence-corrected chi connectivity index (χ2v) is 3.80. The van der Waals surface area contributed by atoms with Crippen molar-refractivity contribution in [3.63, 3.8) is 0 Å². The molecule has 1 unspecified atom stereocenters. The van der Waals surface area contributed by atoms with Crippen molar-refractivity contribution < 1.29 is 4.39 Å². The van der Waals surface area contributed by atoms with E-state index < -0.39 is 6.17 Å². The number of halogens is 2. The van der Waals surface area contributed by atoms with E-state index in [-0.39, 0.29) is 0 Å². The molecular formula is C6H11FIN. The van der Waals surface area contributed by atoms with E-state index in [1.165, 1.54) is 0 Å².